The Hall–Kier alpha value is -1.75. The SMILES string of the molecule is CC(C)COCCCNC(=O)c1cc(O)cc(O)c1. The van der Waals surface area contributed by atoms with E-state index in [1.54, 1.807) is 0 Å². The lowest BCUT2D eigenvalue weighted by molar-refractivity contribution is 0.0924. The normalized spacial score (nSPS) is 10.7. The highest BCUT2D eigenvalue weighted by Gasteiger charge is 2.07. The number of rotatable bonds is 7. The van der Waals surface area contributed by atoms with E-state index < -0.39 is 0 Å². The van der Waals surface area contributed by atoms with Crippen molar-refractivity contribution in [3.8, 4) is 11.5 Å². The summed E-state index contributed by atoms with van der Waals surface area (Å²) in [7, 11) is 0. The van der Waals surface area contributed by atoms with Crippen molar-refractivity contribution in [1.29, 1.82) is 0 Å². The molecule has 1 rings (SSSR count). The lowest BCUT2D eigenvalue weighted by Gasteiger charge is -2.08. The van der Waals surface area contributed by atoms with Crippen LogP contribution in [0.2, 0.25) is 0 Å². The van der Waals surface area contributed by atoms with Gasteiger partial charge in [-0.3, -0.25) is 4.79 Å². The van der Waals surface area contributed by atoms with Crippen molar-refractivity contribution in [1.82, 2.24) is 5.32 Å². The molecule has 0 unspecified atom stereocenters. The first-order valence-corrected chi connectivity index (χ1v) is 6.38. The minimum atomic E-state index is -0.324. The van der Waals surface area contributed by atoms with Gasteiger partial charge in [-0.15, -0.1) is 0 Å². The van der Waals surface area contributed by atoms with Gasteiger partial charge in [0.2, 0.25) is 0 Å². The Balaban J connectivity index is 2.27. The fourth-order valence-electron chi connectivity index (χ4n) is 1.52. The van der Waals surface area contributed by atoms with E-state index in [1.807, 2.05) is 0 Å². The second-order valence-corrected chi connectivity index (χ2v) is 4.82. The number of aromatic hydroxyl groups is 2. The Morgan fingerprint density at radius 1 is 1.26 bits per heavy atom. The van der Waals surface area contributed by atoms with E-state index in [4.69, 9.17) is 4.74 Å². The summed E-state index contributed by atoms with van der Waals surface area (Å²) >= 11 is 0. The molecule has 0 radical (unpaired) electrons. The Morgan fingerprint density at radius 3 is 2.47 bits per heavy atom. The predicted molar refractivity (Wildman–Crippen MR) is 72.4 cm³/mol. The van der Waals surface area contributed by atoms with Gasteiger partial charge in [0.25, 0.3) is 5.91 Å². The molecule has 19 heavy (non-hydrogen) atoms. The summed E-state index contributed by atoms with van der Waals surface area (Å²) in [6, 6.07) is 3.80. The molecular weight excluding hydrogens is 246 g/mol. The van der Waals surface area contributed by atoms with Crippen molar-refractivity contribution in [3.05, 3.63) is 23.8 Å². The van der Waals surface area contributed by atoms with Crippen LogP contribution in [0, 0.1) is 5.92 Å². The van der Waals surface area contributed by atoms with Crippen LogP contribution in [0.5, 0.6) is 11.5 Å². The van der Waals surface area contributed by atoms with Crippen molar-refractivity contribution < 1.29 is 19.7 Å². The highest BCUT2D eigenvalue weighted by Crippen LogP contribution is 2.20. The van der Waals surface area contributed by atoms with Crippen LogP contribution in [-0.2, 0) is 4.74 Å². The summed E-state index contributed by atoms with van der Waals surface area (Å²) in [6.45, 7) is 5.97. The fourth-order valence-corrected chi connectivity index (χ4v) is 1.52. The first-order valence-electron chi connectivity index (χ1n) is 6.38. The van der Waals surface area contributed by atoms with Gasteiger partial charge in [-0.25, -0.2) is 0 Å². The van der Waals surface area contributed by atoms with Crippen molar-refractivity contribution in [2.75, 3.05) is 19.8 Å². The number of hydrogen-bond acceptors (Lipinski definition) is 4. The first kappa shape index (κ1) is 15.3. The third-order valence-electron chi connectivity index (χ3n) is 2.37. The Bertz CT molecular complexity index is 398. The van der Waals surface area contributed by atoms with Gasteiger partial charge in [-0.1, -0.05) is 13.8 Å². The van der Waals surface area contributed by atoms with Crippen LogP contribution in [0.25, 0.3) is 0 Å². The van der Waals surface area contributed by atoms with E-state index in [2.05, 4.69) is 19.2 Å². The Morgan fingerprint density at radius 2 is 1.89 bits per heavy atom. The zero-order valence-electron chi connectivity index (χ0n) is 11.3. The second-order valence-electron chi connectivity index (χ2n) is 4.82. The second kappa shape index (κ2) is 7.63. The molecule has 1 aromatic carbocycles. The molecule has 0 atom stereocenters. The number of phenolic OH excluding ortho intramolecular Hbond substituents is 2. The Labute approximate surface area is 113 Å². The number of hydrogen-bond donors (Lipinski definition) is 3. The van der Waals surface area contributed by atoms with Gasteiger partial charge in [0, 0.05) is 31.4 Å². The lowest BCUT2D eigenvalue weighted by atomic mass is 10.2. The monoisotopic (exact) mass is 267 g/mol. The average Bonchev–Trinajstić information content (AvgIpc) is 2.31. The van der Waals surface area contributed by atoms with E-state index in [-0.39, 0.29) is 23.0 Å². The molecule has 5 heteroatoms. The third-order valence-corrected chi connectivity index (χ3v) is 2.37. The minimum Gasteiger partial charge on any atom is -0.508 e. The van der Waals surface area contributed by atoms with Crippen molar-refractivity contribution in [2.45, 2.75) is 20.3 Å². The van der Waals surface area contributed by atoms with Crippen LogP contribution >= 0.6 is 0 Å². The number of phenols is 2. The van der Waals surface area contributed by atoms with Crippen molar-refractivity contribution in [3.63, 3.8) is 0 Å². The average molecular weight is 267 g/mol. The molecule has 0 aromatic heterocycles. The van der Waals surface area contributed by atoms with Crippen LogP contribution in [-0.4, -0.2) is 35.9 Å². The molecule has 0 saturated carbocycles. The van der Waals surface area contributed by atoms with Gasteiger partial charge in [-0.05, 0) is 24.5 Å². The number of carbonyl (C=O) groups is 1. The van der Waals surface area contributed by atoms with Gasteiger partial charge in [0.1, 0.15) is 11.5 Å². The fraction of sp³-hybridized carbons (Fsp3) is 0.500. The topological polar surface area (TPSA) is 78.8 Å². The molecule has 0 aliphatic carbocycles. The summed E-state index contributed by atoms with van der Waals surface area (Å²) in [4.78, 5) is 11.7. The summed E-state index contributed by atoms with van der Waals surface area (Å²) in [5, 5.41) is 21.3. The molecule has 0 fully saturated rings. The van der Waals surface area contributed by atoms with Gasteiger partial charge < -0.3 is 20.3 Å². The summed E-state index contributed by atoms with van der Waals surface area (Å²) in [5.41, 5.74) is 0.237. The van der Waals surface area contributed by atoms with Crippen molar-refractivity contribution >= 4 is 5.91 Å². The molecule has 5 nitrogen and oxygen atoms in total. The largest absolute Gasteiger partial charge is 0.508 e. The molecule has 0 aliphatic heterocycles. The quantitative estimate of drug-likeness (QED) is 0.659. The minimum absolute atomic E-state index is 0.134. The standard InChI is InChI=1S/C14H21NO4/c1-10(2)9-19-5-3-4-15-14(18)11-6-12(16)8-13(17)7-11/h6-8,10,16-17H,3-5,9H2,1-2H3,(H,15,18). The molecule has 0 bridgehead atoms. The summed E-state index contributed by atoms with van der Waals surface area (Å²) in [5.74, 6) is -0.0873. The van der Waals surface area contributed by atoms with E-state index in [0.29, 0.717) is 25.7 Å². The third kappa shape index (κ3) is 6.10. The molecule has 0 heterocycles. The van der Waals surface area contributed by atoms with Gasteiger partial charge in [0.15, 0.2) is 0 Å². The molecule has 1 aromatic rings. The van der Waals surface area contributed by atoms with Crippen LogP contribution in [0.3, 0.4) is 0 Å². The number of carbonyl (C=O) groups excluding carboxylic acids is 1. The lowest BCUT2D eigenvalue weighted by Crippen LogP contribution is -2.25. The van der Waals surface area contributed by atoms with Crippen LogP contribution in [0.15, 0.2) is 18.2 Å². The maximum atomic E-state index is 11.7. The molecular formula is C14H21NO4. The zero-order valence-corrected chi connectivity index (χ0v) is 11.3. The van der Waals surface area contributed by atoms with Crippen LogP contribution in [0.4, 0.5) is 0 Å². The Kier molecular flexibility index (Phi) is 6.15. The van der Waals surface area contributed by atoms with Gasteiger partial charge in [0.05, 0.1) is 0 Å². The molecule has 0 aliphatic rings. The van der Waals surface area contributed by atoms with E-state index >= 15 is 0 Å². The number of ether oxygens (including phenoxy) is 1. The zero-order chi connectivity index (χ0) is 14.3. The smallest absolute Gasteiger partial charge is 0.251 e. The van der Waals surface area contributed by atoms with Crippen molar-refractivity contribution in [2.24, 2.45) is 5.92 Å². The van der Waals surface area contributed by atoms with Gasteiger partial charge in [-0.2, -0.15) is 0 Å². The summed E-state index contributed by atoms with van der Waals surface area (Å²) < 4.78 is 5.39. The number of nitrogens with one attached hydrogen (secondary N) is 1. The summed E-state index contributed by atoms with van der Waals surface area (Å²) in [6.07, 6.45) is 0.725. The van der Waals surface area contributed by atoms with Crippen LogP contribution < -0.4 is 5.32 Å². The van der Waals surface area contributed by atoms with Gasteiger partial charge >= 0.3 is 0 Å². The molecule has 0 spiro atoms. The highest BCUT2D eigenvalue weighted by molar-refractivity contribution is 5.94. The maximum absolute atomic E-state index is 11.7. The molecule has 1 amide bonds. The molecule has 3 N–H and O–H groups in total. The maximum Gasteiger partial charge on any atom is 0.251 e. The van der Waals surface area contributed by atoms with E-state index in [1.165, 1.54) is 18.2 Å². The number of amides is 1. The highest BCUT2D eigenvalue weighted by atomic mass is 16.5. The number of benzene rings is 1. The van der Waals surface area contributed by atoms with E-state index in [9.17, 15) is 15.0 Å². The molecule has 0 saturated heterocycles. The molecule has 106 valence electrons. The van der Waals surface area contributed by atoms with E-state index in [0.717, 1.165) is 6.42 Å². The first-order chi connectivity index (χ1) is 8.99. The predicted octanol–water partition coefficient (Wildman–Crippen LogP) is 1.89. The van der Waals surface area contributed by atoms with Crippen LogP contribution in [0.1, 0.15) is 30.6 Å².